The Balaban J connectivity index is 1.56. The Morgan fingerprint density at radius 3 is 2.46 bits per heavy atom. The summed E-state index contributed by atoms with van der Waals surface area (Å²) < 4.78 is 44.2. The minimum Gasteiger partial charge on any atom is -0.310 e. The van der Waals surface area contributed by atoms with E-state index in [9.17, 15) is 22.8 Å². The van der Waals surface area contributed by atoms with Crippen LogP contribution in [0.5, 0.6) is 0 Å². The van der Waals surface area contributed by atoms with Gasteiger partial charge in [-0.15, -0.1) is 0 Å². The normalized spacial score (nSPS) is 18.8. The number of pyridine rings is 1. The van der Waals surface area contributed by atoms with E-state index in [0.717, 1.165) is 18.3 Å². The van der Waals surface area contributed by atoms with Gasteiger partial charge >= 0.3 is 0 Å². The molecule has 0 saturated heterocycles. The molecule has 2 amide bonds. The van der Waals surface area contributed by atoms with Gasteiger partial charge in [0.25, 0.3) is 0 Å². The van der Waals surface area contributed by atoms with E-state index in [4.69, 9.17) is 0 Å². The van der Waals surface area contributed by atoms with Gasteiger partial charge in [0.1, 0.15) is 34.8 Å². The van der Waals surface area contributed by atoms with Crippen molar-refractivity contribution >= 4 is 34.5 Å². The molecule has 2 aliphatic rings. The summed E-state index contributed by atoms with van der Waals surface area (Å²) in [6.07, 6.45) is 2.44. The van der Waals surface area contributed by atoms with Crippen LogP contribution in [0.3, 0.4) is 0 Å². The van der Waals surface area contributed by atoms with Crippen LogP contribution >= 0.6 is 0 Å². The molecule has 5 heterocycles. The van der Waals surface area contributed by atoms with Gasteiger partial charge in [-0.25, -0.2) is 32.8 Å². The minimum atomic E-state index is -0.764. The van der Waals surface area contributed by atoms with Crippen LogP contribution in [0.1, 0.15) is 43.7 Å². The fourth-order valence-corrected chi connectivity index (χ4v) is 5.20. The predicted molar refractivity (Wildman–Crippen MR) is 127 cm³/mol. The van der Waals surface area contributed by atoms with E-state index in [2.05, 4.69) is 30.7 Å². The first-order valence-electron chi connectivity index (χ1n) is 11.8. The zero-order valence-corrected chi connectivity index (χ0v) is 19.6. The average Bonchev–Trinajstić information content (AvgIpc) is 3.14. The highest BCUT2D eigenvalue weighted by atomic mass is 19.1. The third-order valence-electron chi connectivity index (χ3n) is 7.10. The first kappa shape index (κ1) is 23.1. The molecule has 3 aromatic heterocycles. The smallest absolute Gasteiger partial charge is 0.226 e. The monoisotopic (exact) mass is 507 g/mol. The van der Waals surface area contributed by atoms with Crippen LogP contribution in [-0.2, 0) is 21.5 Å². The number of carbonyl (C=O) groups excluding carboxylic acids is 2. The van der Waals surface area contributed by atoms with Crippen molar-refractivity contribution in [2.75, 3.05) is 10.6 Å². The van der Waals surface area contributed by atoms with Crippen molar-refractivity contribution in [2.24, 2.45) is 0 Å². The van der Waals surface area contributed by atoms with Crippen LogP contribution in [0, 0.1) is 17.5 Å². The predicted octanol–water partition coefficient (Wildman–Crippen LogP) is 4.08. The Morgan fingerprint density at radius 2 is 1.76 bits per heavy atom. The minimum absolute atomic E-state index is 0.00620. The van der Waals surface area contributed by atoms with E-state index in [1.165, 1.54) is 16.8 Å². The number of halogens is 3. The van der Waals surface area contributed by atoms with Gasteiger partial charge in [-0.2, -0.15) is 5.10 Å². The third-order valence-corrected chi connectivity index (χ3v) is 7.10. The molecule has 0 radical (unpaired) electrons. The number of nitrogens with one attached hydrogen (secondary N) is 2. The Hall–Kier alpha value is -4.35. The molecular weight excluding hydrogens is 487 g/mol. The number of amides is 2. The van der Waals surface area contributed by atoms with Gasteiger partial charge in [0.05, 0.1) is 18.1 Å². The largest absolute Gasteiger partial charge is 0.310 e. The van der Waals surface area contributed by atoms with Crippen LogP contribution in [0.4, 0.5) is 24.8 Å². The van der Waals surface area contributed by atoms with Gasteiger partial charge in [-0.1, -0.05) is 13.0 Å². The number of nitrogens with zero attached hydrogens (tertiary/aromatic N) is 5. The van der Waals surface area contributed by atoms with E-state index in [1.807, 2.05) is 6.92 Å². The fourth-order valence-electron chi connectivity index (χ4n) is 5.20. The van der Waals surface area contributed by atoms with Gasteiger partial charge in [-0.3, -0.25) is 9.59 Å². The second-order valence-corrected chi connectivity index (χ2v) is 9.26. The standard InChI is InChI=1S/C25H20F3N7O2/c1-2-25-7-6-17(36)30-21-19(25)22(31-18(37)9-25)33-23(32-21)20-13-8-12(26)10-29-24(13)35(34-20)11-14-15(27)4-3-5-16(14)28/h3-5,8,10H,2,6-7,9,11H2,1H3,(H2,30,31,32,33,36,37)/t25-/m0/s1. The molecule has 0 spiro atoms. The Bertz CT molecular complexity index is 1600. The molecule has 12 heteroatoms. The topological polar surface area (TPSA) is 115 Å². The SMILES string of the molecule is CC[C@@]12CCC(=O)Nc3nc(-c4nn(Cc5c(F)cccc5F)c5ncc(F)cc45)nc(c31)NC(=O)C2. The Labute approximate surface area is 208 Å². The molecule has 0 unspecified atom stereocenters. The summed E-state index contributed by atoms with van der Waals surface area (Å²) in [7, 11) is 0. The maximum absolute atomic E-state index is 14.4. The highest BCUT2D eigenvalue weighted by molar-refractivity contribution is 6.00. The molecular formula is C25H20F3N7O2. The molecule has 1 aromatic carbocycles. The lowest BCUT2D eigenvalue weighted by Gasteiger charge is -2.36. The summed E-state index contributed by atoms with van der Waals surface area (Å²) in [5.41, 5.74) is 0.0307. The number of hydrogen-bond acceptors (Lipinski definition) is 6. The summed E-state index contributed by atoms with van der Waals surface area (Å²) in [6.45, 7) is 1.62. The lowest BCUT2D eigenvalue weighted by atomic mass is 9.71. The van der Waals surface area contributed by atoms with Crippen LogP contribution < -0.4 is 10.6 Å². The van der Waals surface area contributed by atoms with E-state index in [-0.39, 0.29) is 71.0 Å². The second kappa shape index (κ2) is 8.36. The summed E-state index contributed by atoms with van der Waals surface area (Å²) in [6, 6.07) is 4.68. The van der Waals surface area contributed by atoms with E-state index >= 15 is 0 Å². The number of hydrogen-bond donors (Lipinski definition) is 2. The maximum atomic E-state index is 14.4. The van der Waals surface area contributed by atoms with Gasteiger partial charge in [0.2, 0.25) is 11.8 Å². The number of benzene rings is 1. The number of rotatable bonds is 4. The highest BCUT2D eigenvalue weighted by Gasteiger charge is 2.44. The molecule has 0 bridgehead atoms. The molecule has 2 aliphatic heterocycles. The molecule has 37 heavy (non-hydrogen) atoms. The van der Waals surface area contributed by atoms with Gasteiger partial charge in [0.15, 0.2) is 11.5 Å². The number of aromatic nitrogens is 5. The van der Waals surface area contributed by atoms with Gasteiger partial charge in [0, 0.05) is 29.4 Å². The summed E-state index contributed by atoms with van der Waals surface area (Å²) in [4.78, 5) is 38.4. The van der Waals surface area contributed by atoms with Crippen LogP contribution in [0.2, 0.25) is 0 Å². The second-order valence-electron chi connectivity index (χ2n) is 9.26. The molecule has 0 aliphatic carbocycles. The zero-order valence-electron chi connectivity index (χ0n) is 19.6. The molecule has 0 fully saturated rings. The molecule has 2 N–H and O–H groups in total. The average molecular weight is 507 g/mol. The van der Waals surface area contributed by atoms with Gasteiger partial charge in [-0.05, 0) is 31.0 Å². The van der Waals surface area contributed by atoms with Crippen molar-refractivity contribution in [1.82, 2.24) is 24.7 Å². The van der Waals surface area contributed by atoms with Crippen molar-refractivity contribution < 1.29 is 22.8 Å². The van der Waals surface area contributed by atoms with Crippen molar-refractivity contribution in [3.63, 3.8) is 0 Å². The molecule has 4 aromatic rings. The summed E-state index contributed by atoms with van der Waals surface area (Å²) in [5.74, 6) is -2.19. The lowest BCUT2D eigenvalue weighted by molar-refractivity contribution is -0.119. The summed E-state index contributed by atoms with van der Waals surface area (Å²) in [5, 5.41) is 10.2. The highest BCUT2D eigenvalue weighted by Crippen LogP contribution is 2.48. The van der Waals surface area contributed by atoms with Crippen molar-refractivity contribution in [3.8, 4) is 11.5 Å². The maximum Gasteiger partial charge on any atom is 0.226 e. The summed E-state index contributed by atoms with van der Waals surface area (Å²) >= 11 is 0. The molecule has 6 rings (SSSR count). The number of carbonyl (C=O) groups is 2. The zero-order chi connectivity index (χ0) is 25.9. The van der Waals surface area contributed by atoms with Crippen LogP contribution in [0.15, 0.2) is 30.5 Å². The quantitative estimate of drug-likeness (QED) is 0.430. The first-order valence-corrected chi connectivity index (χ1v) is 11.8. The van der Waals surface area contributed by atoms with Crippen LogP contribution in [-0.4, -0.2) is 36.5 Å². The Kier molecular flexibility index (Phi) is 5.21. The molecule has 0 saturated carbocycles. The lowest BCUT2D eigenvalue weighted by Crippen LogP contribution is -2.37. The van der Waals surface area contributed by atoms with Crippen molar-refractivity contribution in [3.05, 3.63) is 59.0 Å². The third kappa shape index (κ3) is 3.71. The van der Waals surface area contributed by atoms with E-state index in [1.54, 1.807) is 0 Å². The fraction of sp³-hybridized carbons (Fsp3) is 0.280. The van der Waals surface area contributed by atoms with Crippen molar-refractivity contribution in [2.45, 2.75) is 44.6 Å². The van der Waals surface area contributed by atoms with Gasteiger partial charge < -0.3 is 10.6 Å². The van der Waals surface area contributed by atoms with E-state index in [0.29, 0.717) is 18.4 Å². The molecule has 188 valence electrons. The van der Waals surface area contributed by atoms with Crippen molar-refractivity contribution in [1.29, 1.82) is 0 Å². The molecule has 1 atom stereocenters. The van der Waals surface area contributed by atoms with Crippen LogP contribution in [0.25, 0.3) is 22.6 Å². The first-order chi connectivity index (χ1) is 17.8. The molecule has 9 nitrogen and oxygen atoms in total. The Morgan fingerprint density at radius 1 is 1.05 bits per heavy atom. The van der Waals surface area contributed by atoms with E-state index < -0.39 is 22.9 Å². The number of anilines is 2. The number of fused-ring (bicyclic) bond motifs is 1.